The van der Waals surface area contributed by atoms with Crippen LogP contribution in [0.4, 0.5) is 0 Å². The van der Waals surface area contributed by atoms with Crippen LogP contribution in [0.15, 0.2) is 0 Å². The number of likely N-dealkylation sites (N-methyl/N-ethyl adjacent to an activating group) is 1. The van der Waals surface area contributed by atoms with Gasteiger partial charge in [-0.1, -0.05) is 0 Å². The van der Waals surface area contributed by atoms with Crippen molar-refractivity contribution in [2.45, 2.75) is 6.92 Å². The molecule has 0 bridgehead atoms. The molecule has 0 saturated heterocycles. The fraction of sp³-hybridized carbons (Fsp3) is 0.714. The molecule has 70 valence electrons. The minimum atomic E-state index is -0.221. The van der Waals surface area contributed by atoms with Gasteiger partial charge in [-0.05, 0) is 6.92 Å². The maximum atomic E-state index is 10.6. The molecule has 0 atom stereocenters. The Hall–Kier alpha value is -0.940. The SMILES string of the molecule is CNC(=O)COCOCC(C)=O. The van der Waals surface area contributed by atoms with Gasteiger partial charge in [0.15, 0.2) is 5.78 Å². The van der Waals surface area contributed by atoms with E-state index in [1.165, 1.54) is 14.0 Å². The highest BCUT2D eigenvalue weighted by molar-refractivity contribution is 5.77. The van der Waals surface area contributed by atoms with Gasteiger partial charge in [0.1, 0.15) is 20.0 Å². The van der Waals surface area contributed by atoms with Crippen LogP contribution in [0, 0.1) is 0 Å². The van der Waals surface area contributed by atoms with Crippen LogP contribution in [0.1, 0.15) is 6.92 Å². The predicted molar refractivity (Wildman–Crippen MR) is 41.5 cm³/mol. The van der Waals surface area contributed by atoms with Crippen molar-refractivity contribution in [3.8, 4) is 0 Å². The van der Waals surface area contributed by atoms with E-state index >= 15 is 0 Å². The summed E-state index contributed by atoms with van der Waals surface area (Å²) in [5.74, 6) is -0.292. The second-order valence-electron chi connectivity index (χ2n) is 2.19. The molecule has 0 fully saturated rings. The van der Waals surface area contributed by atoms with Gasteiger partial charge >= 0.3 is 0 Å². The molecule has 0 radical (unpaired) electrons. The second-order valence-corrected chi connectivity index (χ2v) is 2.19. The van der Waals surface area contributed by atoms with Crippen molar-refractivity contribution in [3.63, 3.8) is 0 Å². The Labute approximate surface area is 71.0 Å². The summed E-state index contributed by atoms with van der Waals surface area (Å²) in [4.78, 5) is 20.9. The summed E-state index contributed by atoms with van der Waals surface area (Å²) in [6, 6.07) is 0. The number of rotatable bonds is 6. The van der Waals surface area contributed by atoms with Gasteiger partial charge in [-0.15, -0.1) is 0 Å². The van der Waals surface area contributed by atoms with Crippen LogP contribution >= 0.6 is 0 Å². The van der Waals surface area contributed by atoms with Crippen molar-refractivity contribution in [1.82, 2.24) is 5.32 Å². The Bertz CT molecular complexity index is 157. The molecule has 5 heteroatoms. The van der Waals surface area contributed by atoms with Gasteiger partial charge < -0.3 is 14.8 Å². The molecule has 0 aliphatic heterocycles. The summed E-state index contributed by atoms with van der Waals surface area (Å²) in [7, 11) is 1.52. The highest BCUT2D eigenvalue weighted by Gasteiger charge is 1.97. The van der Waals surface area contributed by atoms with E-state index in [4.69, 9.17) is 9.47 Å². The van der Waals surface area contributed by atoms with Crippen LogP contribution < -0.4 is 5.32 Å². The standard InChI is InChI=1S/C7H13NO4/c1-6(9)3-11-5-12-4-7(10)8-2/h3-5H2,1-2H3,(H,8,10). The van der Waals surface area contributed by atoms with Crippen LogP contribution in [0.5, 0.6) is 0 Å². The Kier molecular flexibility index (Phi) is 6.22. The van der Waals surface area contributed by atoms with Crippen molar-refractivity contribution < 1.29 is 19.1 Å². The normalized spacial score (nSPS) is 9.50. The Morgan fingerprint density at radius 3 is 2.33 bits per heavy atom. The highest BCUT2D eigenvalue weighted by atomic mass is 16.7. The Morgan fingerprint density at radius 2 is 1.83 bits per heavy atom. The maximum Gasteiger partial charge on any atom is 0.245 e. The monoisotopic (exact) mass is 175 g/mol. The van der Waals surface area contributed by atoms with Crippen molar-refractivity contribution in [2.24, 2.45) is 0 Å². The molecule has 0 heterocycles. The van der Waals surface area contributed by atoms with Crippen LogP contribution in [0.3, 0.4) is 0 Å². The van der Waals surface area contributed by atoms with Gasteiger partial charge in [-0.2, -0.15) is 0 Å². The zero-order valence-electron chi connectivity index (χ0n) is 7.25. The third-order valence-corrected chi connectivity index (χ3v) is 0.984. The molecule has 0 spiro atoms. The summed E-state index contributed by atoms with van der Waals surface area (Å²) in [5, 5.41) is 2.38. The first-order valence-electron chi connectivity index (χ1n) is 3.52. The predicted octanol–water partition coefficient (Wildman–Crippen LogP) is -0.688. The number of amides is 1. The smallest absolute Gasteiger partial charge is 0.245 e. The van der Waals surface area contributed by atoms with Crippen molar-refractivity contribution in [1.29, 1.82) is 0 Å². The van der Waals surface area contributed by atoms with Gasteiger partial charge in [-0.3, -0.25) is 9.59 Å². The lowest BCUT2D eigenvalue weighted by Gasteiger charge is -2.02. The molecule has 0 aliphatic rings. The van der Waals surface area contributed by atoms with E-state index in [2.05, 4.69) is 5.32 Å². The first kappa shape index (κ1) is 11.1. The van der Waals surface area contributed by atoms with Gasteiger partial charge in [0.25, 0.3) is 0 Å². The lowest BCUT2D eigenvalue weighted by atomic mass is 10.5. The fourth-order valence-corrected chi connectivity index (χ4v) is 0.451. The zero-order valence-corrected chi connectivity index (χ0v) is 7.25. The number of nitrogens with one attached hydrogen (secondary N) is 1. The fourth-order valence-electron chi connectivity index (χ4n) is 0.451. The van der Waals surface area contributed by atoms with E-state index in [1.54, 1.807) is 0 Å². The number of hydrogen-bond acceptors (Lipinski definition) is 4. The van der Waals surface area contributed by atoms with Crippen LogP contribution in [0.25, 0.3) is 0 Å². The third-order valence-electron chi connectivity index (χ3n) is 0.984. The summed E-state index contributed by atoms with van der Waals surface area (Å²) in [5.41, 5.74) is 0. The largest absolute Gasteiger partial charge is 0.357 e. The van der Waals surface area contributed by atoms with Gasteiger partial charge in [0.05, 0.1) is 0 Å². The van der Waals surface area contributed by atoms with E-state index in [0.717, 1.165) is 0 Å². The molecule has 0 aromatic rings. The number of ketones is 1. The lowest BCUT2D eigenvalue weighted by molar-refractivity contribution is -0.135. The molecule has 0 aliphatic carbocycles. The average molecular weight is 175 g/mol. The molecular weight excluding hydrogens is 162 g/mol. The quantitative estimate of drug-likeness (QED) is 0.429. The molecule has 0 saturated carbocycles. The van der Waals surface area contributed by atoms with E-state index < -0.39 is 0 Å². The van der Waals surface area contributed by atoms with E-state index in [-0.39, 0.29) is 31.7 Å². The molecule has 0 aromatic carbocycles. The Morgan fingerprint density at radius 1 is 1.25 bits per heavy atom. The molecule has 5 nitrogen and oxygen atoms in total. The molecule has 0 aromatic heterocycles. The maximum absolute atomic E-state index is 10.6. The zero-order chi connectivity index (χ0) is 9.40. The van der Waals surface area contributed by atoms with Crippen molar-refractivity contribution >= 4 is 11.7 Å². The topological polar surface area (TPSA) is 64.6 Å². The number of hydrogen-bond donors (Lipinski definition) is 1. The van der Waals surface area contributed by atoms with Crippen molar-refractivity contribution in [2.75, 3.05) is 27.1 Å². The summed E-state index contributed by atoms with van der Waals surface area (Å²) < 4.78 is 9.49. The molecule has 0 rings (SSSR count). The average Bonchev–Trinajstić information content (AvgIpc) is 2.03. The third kappa shape index (κ3) is 7.17. The molecule has 12 heavy (non-hydrogen) atoms. The molecule has 1 amide bonds. The highest BCUT2D eigenvalue weighted by Crippen LogP contribution is 1.79. The van der Waals surface area contributed by atoms with Crippen molar-refractivity contribution in [3.05, 3.63) is 0 Å². The summed E-state index contributed by atoms with van der Waals surface area (Å²) in [6.07, 6.45) is 0. The summed E-state index contributed by atoms with van der Waals surface area (Å²) in [6.45, 7) is 1.36. The number of ether oxygens (including phenoxy) is 2. The van der Waals surface area contributed by atoms with Gasteiger partial charge in [0, 0.05) is 7.05 Å². The molecule has 0 unspecified atom stereocenters. The number of carbonyl (C=O) groups is 2. The second kappa shape index (κ2) is 6.75. The van der Waals surface area contributed by atoms with Gasteiger partial charge in [-0.25, -0.2) is 0 Å². The van der Waals surface area contributed by atoms with Crippen LogP contribution in [0.2, 0.25) is 0 Å². The summed E-state index contributed by atoms with van der Waals surface area (Å²) >= 11 is 0. The van der Waals surface area contributed by atoms with Crippen LogP contribution in [-0.4, -0.2) is 38.7 Å². The van der Waals surface area contributed by atoms with E-state index in [0.29, 0.717) is 0 Å². The van der Waals surface area contributed by atoms with E-state index in [1.807, 2.05) is 0 Å². The first-order valence-corrected chi connectivity index (χ1v) is 3.52. The molecular formula is C7H13NO4. The molecule has 1 N–H and O–H groups in total. The number of Topliss-reactive ketones (excluding diaryl/α,β-unsaturated/α-hetero) is 1. The first-order chi connectivity index (χ1) is 5.66. The Balaban J connectivity index is 3.11. The van der Waals surface area contributed by atoms with E-state index in [9.17, 15) is 9.59 Å². The van der Waals surface area contributed by atoms with Crippen LogP contribution in [-0.2, 0) is 19.1 Å². The minimum Gasteiger partial charge on any atom is -0.357 e. The number of carbonyl (C=O) groups excluding carboxylic acids is 2. The minimum absolute atomic E-state index is 0.0216. The lowest BCUT2D eigenvalue weighted by Crippen LogP contribution is -2.24. The van der Waals surface area contributed by atoms with Gasteiger partial charge in [0.2, 0.25) is 5.91 Å².